The van der Waals surface area contributed by atoms with Crippen LogP contribution in [0.2, 0.25) is 0 Å². The van der Waals surface area contributed by atoms with Gasteiger partial charge in [0.15, 0.2) is 0 Å². The van der Waals surface area contributed by atoms with E-state index in [9.17, 15) is 0 Å². The molecule has 0 bridgehead atoms. The first-order valence-electron chi connectivity index (χ1n) is 5.95. The Morgan fingerprint density at radius 1 is 1.53 bits per heavy atom. The molecule has 17 heavy (non-hydrogen) atoms. The summed E-state index contributed by atoms with van der Waals surface area (Å²) < 4.78 is 5.41. The molecule has 3 heterocycles. The van der Waals surface area contributed by atoms with Crippen LogP contribution in [0.15, 0.2) is 11.4 Å². The van der Waals surface area contributed by atoms with Gasteiger partial charge in [0.05, 0.1) is 12.0 Å². The molecule has 2 aromatic rings. The Bertz CT molecular complexity index is 519. The average molecular weight is 249 g/mol. The number of rotatable bonds is 3. The van der Waals surface area contributed by atoms with Crippen LogP contribution in [0.25, 0.3) is 10.2 Å². The third kappa shape index (κ3) is 2.00. The zero-order chi connectivity index (χ0) is 11.7. The summed E-state index contributed by atoms with van der Waals surface area (Å²) in [5, 5.41) is 6.50. The number of nitrogens with one attached hydrogen (secondary N) is 1. The van der Waals surface area contributed by atoms with Crippen molar-refractivity contribution in [2.75, 3.05) is 25.1 Å². The molecule has 0 amide bonds. The summed E-state index contributed by atoms with van der Waals surface area (Å²) >= 11 is 1.67. The SMILES string of the molecule is CCNc1nc(C2CCOC2)nc2sccc12. The first-order chi connectivity index (χ1) is 8.38. The second kappa shape index (κ2) is 4.58. The third-order valence-corrected chi connectivity index (χ3v) is 3.79. The number of thiophene rings is 1. The van der Waals surface area contributed by atoms with Crippen LogP contribution in [-0.4, -0.2) is 29.7 Å². The van der Waals surface area contributed by atoms with E-state index in [-0.39, 0.29) is 0 Å². The molecule has 0 radical (unpaired) electrons. The van der Waals surface area contributed by atoms with E-state index in [1.807, 2.05) is 0 Å². The van der Waals surface area contributed by atoms with Crippen molar-refractivity contribution in [3.8, 4) is 0 Å². The molecule has 1 saturated heterocycles. The van der Waals surface area contributed by atoms with Gasteiger partial charge in [-0.1, -0.05) is 0 Å². The number of nitrogens with zero attached hydrogens (tertiary/aromatic N) is 2. The summed E-state index contributed by atoms with van der Waals surface area (Å²) in [7, 11) is 0. The molecule has 3 rings (SSSR count). The molecule has 90 valence electrons. The van der Waals surface area contributed by atoms with Gasteiger partial charge in [0.25, 0.3) is 0 Å². The lowest BCUT2D eigenvalue weighted by atomic mass is 10.1. The molecule has 1 unspecified atom stereocenters. The topological polar surface area (TPSA) is 47.0 Å². The summed E-state index contributed by atoms with van der Waals surface area (Å²) in [5.74, 6) is 2.24. The smallest absolute Gasteiger partial charge is 0.138 e. The van der Waals surface area contributed by atoms with Crippen LogP contribution in [0.4, 0.5) is 5.82 Å². The first kappa shape index (κ1) is 10.9. The highest BCUT2D eigenvalue weighted by atomic mass is 32.1. The summed E-state index contributed by atoms with van der Waals surface area (Å²) in [6.45, 7) is 4.54. The molecular formula is C12H15N3OS. The number of aromatic nitrogens is 2. The molecule has 0 aliphatic carbocycles. The van der Waals surface area contributed by atoms with Gasteiger partial charge in [0, 0.05) is 19.1 Å². The standard InChI is InChI=1S/C12H15N3OS/c1-2-13-11-9-4-6-17-12(9)15-10(14-11)8-3-5-16-7-8/h4,6,8H,2-3,5,7H2,1H3,(H,13,14,15). The quantitative estimate of drug-likeness (QED) is 0.908. The molecular weight excluding hydrogens is 234 g/mol. The molecule has 0 aromatic carbocycles. The predicted molar refractivity (Wildman–Crippen MR) is 69.8 cm³/mol. The minimum atomic E-state index is 0.360. The highest BCUT2D eigenvalue weighted by Crippen LogP contribution is 2.29. The van der Waals surface area contributed by atoms with Crippen molar-refractivity contribution in [1.29, 1.82) is 0 Å². The van der Waals surface area contributed by atoms with Crippen LogP contribution in [0, 0.1) is 0 Å². The Labute approximate surface area is 104 Å². The Kier molecular flexibility index (Phi) is 2.94. The van der Waals surface area contributed by atoms with E-state index in [2.05, 4.69) is 33.7 Å². The predicted octanol–water partition coefficient (Wildman–Crippen LogP) is 2.63. The fourth-order valence-corrected chi connectivity index (χ4v) is 2.87. The van der Waals surface area contributed by atoms with Crippen molar-refractivity contribution in [2.45, 2.75) is 19.3 Å². The van der Waals surface area contributed by atoms with Gasteiger partial charge < -0.3 is 10.1 Å². The number of hydrogen-bond acceptors (Lipinski definition) is 5. The van der Waals surface area contributed by atoms with Gasteiger partial charge in [0.1, 0.15) is 16.5 Å². The molecule has 0 saturated carbocycles. The van der Waals surface area contributed by atoms with Crippen LogP contribution < -0.4 is 5.32 Å². The van der Waals surface area contributed by atoms with Gasteiger partial charge in [-0.3, -0.25) is 0 Å². The summed E-state index contributed by atoms with van der Waals surface area (Å²) in [6.07, 6.45) is 1.03. The Morgan fingerprint density at radius 2 is 2.47 bits per heavy atom. The van der Waals surface area contributed by atoms with Crippen molar-refractivity contribution < 1.29 is 4.74 Å². The van der Waals surface area contributed by atoms with Crippen molar-refractivity contribution in [3.05, 3.63) is 17.3 Å². The average Bonchev–Trinajstić information content (AvgIpc) is 3.00. The third-order valence-electron chi connectivity index (χ3n) is 2.98. The Hall–Kier alpha value is -1.20. The molecule has 1 atom stereocenters. The lowest BCUT2D eigenvalue weighted by molar-refractivity contribution is 0.193. The lowest BCUT2D eigenvalue weighted by Gasteiger charge is -2.10. The molecule has 2 aromatic heterocycles. The number of anilines is 1. The van der Waals surface area contributed by atoms with Crippen LogP contribution in [-0.2, 0) is 4.74 Å². The highest BCUT2D eigenvalue weighted by Gasteiger charge is 2.22. The fourth-order valence-electron chi connectivity index (χ4n) is 2.09. The number of ether oxygens (including phenoxy) is 1. The van der Waals surface area contributed by atoms with E-state index in [1.54, 1.807) is 11.3 Å². The van der Waals surface area contributed by atoms with Gasteiger partial charge in [-0.15, -0.1) is 11.3 Å². The van der Waals surface area contributed by atoms with Crippen molar-refractivity contribution in [2.24, 2.45) is 0 Å². The maximum Gasteiger partial charge on any atom is 0.138 e. The fraction of sp³-hybridized carbons (Fsp3) is 0.500. The number of hydrogen-bond donors (Lipinski definition) is 1. The monoisotopic (exact) mass is 249 g/mol. The minimum Gasteiger partial charge on any atom is -0.381 e. The van der Waals surface area contributed by atoms with Crippen LogP contribution >= 0.6 is 11.3 Å². The second-order valence-corrected chi connectivity index (χ2v) is 5.06. The zero-order valence-corrected chi connectivity index (χ0v) is 10.6. The second-order valence-electron chi connectivity index (χ2n) is 4.16. The minimum absolute atomic E-state index is 0.360. The zero-order valence-electron chi connectivity index (χ0n) is 9.77. The molecule has 0 spiro atoms. The molecule has 1 aliphatic rings. The summed E-state index contributed by atoms with van der Waals surface area (Å²) in [6, 6.07) is 2.08. The van der Waals surface area contributed by atoms with Gasteiger partial charge in [-0.2, -0.15) is 0 Å². The molecule has 1 N–H and O–H groups in total. The Morgan fingerprint density at radius 3 is 3.24 bits per heavy atom. The van der Waals surface area contributed by atoms with Crippen molar-refractivity contribution in [3.63, 3.8) is 0 Å². The molecule has 1 fully saturated rings. The number of fused-ring (bicyclic) bond motifs is 1. The molecule has 5 heteroatoms. The summed E-state index contributed by atoms with van der Waals surface area (Å²) in [4.78, 5) is 10.4. The van der Waals surface area contributed by atoms with Gasteiger partial charge >= 0.3 is 0 Å². The molecule has 4 nitrogen and oxygen atoms in total. The maximum absolute atomic E-state index is 5.41. The lowest BCUT2D eigenvalue weighted by Crippen LogP contribution is -2.08. The summed E-state index contributed by atoms with van der Waals surface area (Å²) in [5.41, 5.74) is 0. The van der Waals surface area contributed by atoms with E-state index in [0.29, 0.717) is 5.92 Å². The van der Waals surface area contributed by atoms with Crippen LogP contribution in [0.3, 0.4) is 0 Å². The van der Waals surface area contributed by atoms with E-state index < -0.39 is 0 Å². The van der Waals surface area contributed by atoms with Crippen molar-refractivity contribution >= 4 is 27.4 Å². The van der Waals surface area contributed by atoms with Crippen LogP contribution in [0.5, 0.6) is 0 Å². The van der Waals surface area contributed by atoms with E-state index >= 15 is 0 Å². The highest BCUT2D eigenvalue weighted by molar-refractivity contribution is 7.16. The van der Waals surface area contributed by atoms with Crippen molar-refractivity contribution in [1.82, 2.24) is 9.97 Å². The first-order valence-corrected chi connectivity index (χ1v) is 6.83. The van der Waals surface area contributed by atoms with Crippen LogP contribution in [0.1, 0.15) is 25.1 Å². The van der Waals surface area contributed by atoms with Gasteiger partial charge in [-0.25, -0.2) is 9.97 Å². The Balaban J connectivity index is 2.06. The van der Waals surface area contributed by atoms with Gasteiger partial charge in [-0.05, 0) is 24.8 Å². The normalized spacial score (nSPS) is 19.9. The van der Waals surface area contributed by atoms with E-state index in [1.165, 1.54) is 0 Å². The van der Waals surface area contributed by atoms with E-state index in [4.69, 9.17) is 4.74 Å². The maximum atomic E-state index is 5.41. The largest absolute Gasteiger partial charge is 0.381 e. The van der Waals surface area contributed by atoms with E-state index in [0.717, 1.165) is 48.0 Å². The van der Waals surface area contributed by atoms with Gasteiger partial charge in [0.2, 0.25) is 0 Å². The molecule has 1 aliphatic heterocycles.